The normalized spacial score (nSPS) is 11.6. The van der Waals surface area contributed by atoms with Crippen LogP contribution in [0.15, 0.2) is 23.1 Å². The number of hydrogen-bond donors (Lipinski definition) is 0. The maximum absolute atomic E-state index is 12.2. The summed E-state index contributed by atoms with van der Waals surface area (Å²) in [4.78, 5) is 11.5. The SMILES string of the molecule is CCC(=O)c1cc(C)ccc1SC(F)(F)F. The van der Waals surface area contributed by atoms with Crippen LogP contribution in [0.4, 0.5) is 13.2 Å². The molecular formula is C11H11F3OS. The second-order valence-electron chi connectivity index (χ2n) is 3.32. The topological polar surface area (TPSA) is 17.1 Å². The van der Waals surface area contributed by atoms with Crippen LogP contribution in [-0.2, 0) is 0 Å². The molecule has 88 valence electrons. The van der Waals surface area contributed by atoms with Crippen LogP contribution in [0.3, 0.4) is 0 Å². The summed E-state index contributed by atoms with van der Waals surface area (Å²) in [6, 6.07) is 4.41. The molecule has 0 heterocycles. The predicted octanol–water partition coefficient (Wildman–Crippen LogP) is 4.20. The van der Waals surface area contributed by atoms with Crippen molar-refractivity contribution in [3.05, 3.63) is 29.3 Å². The Bertz CT molecular complexity index is 399. The second kappa shape index (κ2) is 4.91. The summed E-state index contributed by atoms with van der Waals surface area (Å²) in [6.45, 7) is 3.38. The standard InChI is InChI=1S/C11H11F3OS/c1-3-9(15)8-6-7(2)4-5-10(8)16-11(12,13)14/h4-6H,3H2,1-2H3. The van der Waals surface area contributed by atoms with Gasteiger partial charge in [0.05, 0.1) is 0 Å². The molecule has 0 fully saturated rings. The summed E-state index contributed by atoms with van der Waals surface area (Å²) in [5.41, 5.74) is -3.42. The third-order valence-electron chi connectivity index (χ3n) is 1.98. The lowest BCUT2D eigenvalue weighted by Crippen LogP contribution is -2.05. The largest absolute Gasteiger partial charge is 0.446 e. The molecule has 0 spiro atoms. The lowest BCUT2D eigenvalue weighted by atomic mass is 10.1. The van der Waals surface area contributed by atoms with Crippen LogP contribution < -0.4 is 0 Å². The van der Waals surface area contributed by atoms with E-state index >= 15 is 0 Å². The van der Waals surface area contributed by atoms with Crippen molar-refractivity contribution in [1.82, 2.24) is 0 Å². The van der Waals surface area contributed by atoms with E-state index in [2.05, 4.69) is 0 Å². The number of benzene rings is 1. The fourth-order valence-electron chi connectivity index (χ4n) is 1.27. The first-order valence-electron chi connectivity index (χ1n) is 4.73. The number of alkyl halides is 3. The van der Waals surface area contributed by atoms with E-state index in [4.69, 9.17) is 0 Å². The van der Waals surface area contributed by atoms with Crippen molar-refractivity contribution in [3.8, 4) is 0 Å². The number of hydrogen-bond acceptors (Lipinski definition) is 2. The molecule has 1 rings (SSSR count). The van der Waals surface area contributed by atoms with Crippen molar-refractivity contribution in [2.24, 2.45) is 0 Å². The molecular weight excluding hydrogens is 237 g/mol. The zero-order valence-electron chi connectivity index (χ0n) is 8.89. The molecule has 0 N–H and O–H groups in total. The van der Waals surface area contributed by atoms with Crippen molar-refractivity contribution >= 4 is 17.5 Å². The van der Waals surface area contributed by atoms with E-state index in [0.717, 1.165) is 5.56 Å². The Kier molecular flexibility index (Phi) is 4.02. The van der Waals surface area contributed by atoms with Crippen molar-refractivity contribution < 1.29 is 18.0 Å². The zero-order valence-corrected chi connectivity index (χ0v) is 9.71. The molecule has 0 aromatic heterocycles. The van der Waals surface area contributed by atoms with Gasteiger partial charge in [-0.1, -0.05) is 18.6 Å². The number of halogens is 3. The van der Waals surface area contributed by atoms with Gasteiger partial charge in [-0.2, -0.15) is 13.2 Å². The van der Waals surface area contributed by atoms with Crippen LogP contribution in [0.2, 0.25) is 0 Å². The lowest BCUT2D eigenvalue weighted by molar-refractivity contribution is -0.0328. The minimum absolute atomic E-state index is 0.0232. The monoisotopic (exact) mass is 248 g/mol. The smallest absolute Gasteiger partial charge is 0.294 e. The van der Waals surface area contributed by atoms with Crippen LogP contribution in [0.25, 0.3) is 0 Å². The van der Waals surface area contributed by atoms with Crippen LogP contribution >= 0.6 is 11.8 Å². The highest BCUT2D eigenvalue weighted by Gasteiger charge is 2.31. The van der Waals surface area contributed by atoms with Gasteiger partial charge in [0.15, 0.2) is 5.78 Å². The Morgan fingerprint density at radius 1 is 1.38 bits per heavy atom. The van der Waals surface area contributed by atoms with E-state index in [-0.39, 0.29) is 34.4 Å². The Balaban J connectivity index is 3.13. The highest BCUT2D eigenvalue weighted by atomic mass is 32.2. The number of carbonyl (C=O) groups is 1. The second-order valence-corrected chi connectivity index (χ2v) is 4.43. The molecule has 16 heavy (non-hydrogen) atoms. The van der Waals surface area contributed by atoms with Gasteiger partial charge in [0.1, 0.15) is 0 Å². The van der Waals surface area contributed by atoms with Crippen LogP contribution in [0.5, 0.6) is 0 Å². The molecule has 1 aromatic carbocycles. The van der Waals surface area contributed by atoms with E-state index in [9.17, 15) is 18.0 Å². The van der Waals surface area contributed by atoms with Gasteiger partial charge in [0.25, 0.3) is 0 Å². The first-order valence-corrected chi connectivity index (χ1v) is 5.54. The maximum atomic E-state index is 12.2. The average molecular weight is 248 g/mol. The molecule has 0 atom stereocenters. The molecule has 0 bridgehead atoms. The summed E-state index contributed by atoms with van der Waals surface area (Å²) in [6.07, 6.45) is 0.203. The quantitative estimate of drug-likeness (QED) is 0.589. The first kappa shape index (κ1) is 13.1. The molecule has 0 amide bonds. The summed E-state index contributed by atoms with van der Waals surface area (Å²) >= 11 is -0.241. The van der Waals surface area contributed by atoms with E-state index in [0.29, 0.717) is 0 Å². The number of carbonyl (C=O) groups excluding carboxylic acids is 1. The highest BCUT2D eigenvalue weighted by molar-refractivity contribution is 8.00. The predicted molar refractivity (Wildman–Crippen MR) is 57.7 cm³/mol. The van der Waals surface area contributed by atoms with Gasteiger partial charge in [0.2, 0.25) is 0 Å². The van der Waals surface area contributed by atoms with Gasteiger partial charge in [-0.15, -0.1) is 0 Å². The van der Waals surface area contributed by atoms with Crippen molar-refractivity contribution in [3.63, 3.8) is 0 Å². The van der Waals surface area contributed by atoms with E-state index in [1.54, 1.807) is 19.9 Å². The Morgan fingerprint density at radius 3 is 2.50 bits per heavy atom. The Hall–Kier alpha value is -0.970. The van der Waals surface area contributed by atoms with Gasteiger partial charge >= 0.3 is 5.51 Å². The van der Waals surface area contributed by atoms with E-state index in [1.165, 1.54) is 12.1 Å². The number of rotatable bonds is 3. The van der Waals surface area contributed by atoms with Gasteiger partial charge in [-0.3, -0.25) is 4.79 Å². The van der Waals surface area contributed by atoms with Crippen molar-refractivity contribution in [1.29, 1.82) is 0 Å². The van der Waals surface area contributed by atoms with Gasteiger partial charge in [-0.05, 0) is 30.8 Å². The van der Waals surface area contributed by atoms with Crippen molar-refractivity contribution in [2.75, 3.05) is 0 Å². The van der Waals surface area contributed by atoms with Gasteiger partial charge in [-0.25, -0.2) is 0 Å². The maximum Gasteiger partial charge on any atom is 0.446 e. The fourth-order valence-corrected chi connectivity index (χ4v) is 1.93. The highest BCUT2D eigenvalue weighted by Crippen LogP contribution is 2.39. The fraction of sp³-hybridized carbons (Fsp3) is 0.364. The minimum atomic E-state index is -4.36. The number of thioether (sulfide) groups is 1. The Labute approximate surface area is 96.0 Å². The minimum Gasteiger partial charge on any atom is -0.294 e. The summed E-state index contributed by atoms with van der Waals surface area (Å²) < 4.78 is 36.7. The first-order chi connectivity index (χ1) is 7.33. The molecule has 0 aliphatic rings. The molecule has 1 nitrogen and oxygen atoms in total. The van der Waals surface area contributed by atoms with Crippen molar-refractivity contribution in [2.45, 2.75) is 30.7 Å². The molecule has 1 aromatic rings. The summed E-state index contributed by atoms with van der Waals surface area (Å²) in [5.74, 6) is -0.268. The Morgan fingerprint density at radius 2 is 2.00 bits per heavy atom. The molecule has 0 radical (unpaired) electrons. The van der Waals surface area contributed by atoms with E-state index < -0.39 is 5.51 Å². The number of ketones is 1. The third-order valence-corrected chi connectivity index (χ3v) is 2.79. The molecule has 0 aliphatic carbocycles. The lowest BCUT2D eigenvalue weighted by Gasteiger charge is -2.10. The number of aryl methyl sites for hydroxylation is 1. The third kappa shape index (κ3) is 3.56. The average Bonchev–Trinajstić information content (AvgIpc) is 2.17. The van der Waals surface area contributed by atoms with E-state index in [1.807, 2.05) is 0 Å². The molecule has 0 aliphatic heterocycles. The molecule has 5 heteroatoms. The van der Waals surface area contributed by atoms with Crippen LogP contribution in [-0.4, -0.2) is 11.3 Å². The molecule has 0 saturated carbocycles. The zero-order chi connectivity index (χ0) is 12.3. The van der Waals surface area contributed by atoms with Crippen LogP contribution in [0, 0.1) is 6.92 Å². The molecule has 0 unspecified atom stereocenters. The van der Waals surface area contributed by atoms with Gasteiger partial charge < -0.3 is 0 Å². The summed E-state index contributed by atoms with van der Waals surface area (Å²) in [7, 11) is 0. The molecule has 0 saturated heterocycles. The van der Waals surface area contributed by atoms with Gasteiger partial charge in [0, 0.05) is 16.9 Å². The summed E-state index contributed by atoms with van der Waals surface area (Å²) in [5, 5.41) is 0. The van der Waals surface area contributed by atoms with Crippen LogP contribution in [0.1, 0.15) is 29.3 Å². The number of Topliss-reactive ketones (excluding diaryl/α,β-unsaturated/α-hetero) is 1.